The van der Waals surface area contributed by atoms with E-state index >= 15 is 0 Å². The molecule has 402 valence electrons. The summed E-state index contributed by atoms with van der Waals surface area (Å²) in [7, 11) is 0. The van der Waals surface area contributed by atoms with E-state index in [1.165, 1.54) is 154 Å². The van der Waals surface area contributed by atoms with Gasteiger partial charge in [0.05, 0.1) is 24.7 Å². The van der Waals surface area contributed by atoms with Crippen molar-refractivity contribution in [2.45, 2.75) is 265 Å². The molecule has 1 N–H and O–H groups in total. The third-order valence-corrected chi connectivity index (χ3v) is 14.2. The lowest BCUT2D eigenvalue weighted by Crippen LogP contribution is -2.37. The minimum absolute atomic E-state index is 0.0665. The molecule has 10 heteroatoms. The largest absolute Gasteiger partial charge is 0.465 e. The number of nitro groups is 1. The van der Waals surface area contributed by atoms with Gasteiger partial charge >= 0.3 is 11.9 Å². The van der Waals surface area contributed by atoms with Gasteiger partial charge in [0.15, 0.2) is 0 Å². The highest BCUT2D eigenvalue weighted by Crippen LogP contribution is 2.23. The van der Waals surface area contributed by atoms with Crippen LogP contribution in [0, 0.1) is 22.0 Å². The Bertz CT molecular complexity index is 1280. The maximum atomic E-state index is 12.9. The van der Waals surface area contributed by atoms with E-state index in [9.17, 15) is 24.8 Å². The molecule has 0 spiro atoms. The van der Waals surface area contributed by atoms with Crippen molar-refractivity contribution >= 4 is 17.6 Å². The Morgan fingerprint density at radius 2 is 0.826 bits per heavy atom. The minimum atomic E-state index is -0.362. The second kappa shape index (κ2) is 47.7. The third kappa shape index (κ3) is 39.7. The van der Waals surface area contributed by atoms with Crippen molar-refractivity contribution in [1.29, 1.82) is 0 Å². The molecule has 1 aromatic rings. The molecule has 0 unspecified atom stereocenters. The lowest BCUT2D eigenvalue weighted by molar-refractivity contribution is -0.384. The summed E-state index contributed by atoms with van der Waals surface area (Å²) in [5, 5.41) is 21.3. The van der Waals surface area contributed by atoms with Gasteiger partial charge in [-0.25, -0.2) is 0 Å². The van der Waals surface area contributed by atoms with Crippen LogP contribution in [0.1, 0.15) is 264 Å². The molecule has 0 bridgehead atoms. The smallest absolute Gasteiger partial charge is 0.305 e. The number of hydrogen-bond acceptors (Lipinski definition) is 9. The molecule has 0 saturated carbocycles. The molecule has 0 amide bonds. The number of nitrogens with zero attached hydrogens (tertiary/aromatic N) is 3. The van der Waals surface area contributed by atoms with E-state index in [0.29, 0.717) is 51.0 Å². The number of rotatable bonds is 52. The summed E-state index contributed by atoms with van der Waals surface area (Å²) in [4.78, 5) is 41.4. The van der Waals surface area contributed by atoms with Gasteiger partial charge in [-0.05, 0) is 81.9 Å². The van der Waals surface area contributed by atoms with Gasteiger partial charge in [0.25, 0.3) is 5.69 Å². The van der Waals surface area contributed by atoms with Gasteiger partial charge in [-0.15, -0.1) is 0 Å². The molecular formula is C59H109N3O7. The van der Waals surface area contributed by atoms with E-state index in [0.717, 1.165) is 96.0 Å². The summed E-state index contributed by atoms with van der Waals surface area (Å²) in [6, 6.07) is 6.83. The quantitative estimate of drug-likeness (QED) is 0.0294. The molecule has 1 rings (SSSR count). The van der Waals surface area contributed by atoms with Gasteiger partial charge in [-0.2, -0.15) is 0 Å². The summed E-state index contributed by atoms with van der Waals surface area (Å²) in [5.74, 6) is 0.805. The lowest BCUT2D eigenvalue weighted by Gasteiger charge is -2.27. The summed E-state index contributed by atoms with van der Waals surface area (Å²) in [5.41, 5.74) is 1.12. The van der Waals surface area contributed by atoms with E-state index in [1.807, 2.05) is 12.1 Å². The zero-order chi connectivity index (χ0) is 50.3. The van der Waals surface area contributed by atoms with Crippen LogP contribution >= 0.6 is 0 Å². The van der Waals surface area contributed by atoms with E-state index < -0.39 is 0 Å². The number of aliphatic hydroxyl groups is 1. The van der Waals surface area contributed by atoms with Crippen molar-refractivity contribution in [3.63, 3.8) is 0 Å². The standard InChI is InChI=1S/C59H109N3O7/c1-5-9-13-17-21-27-35-55(36-28-22-18-14-10-6-2)52-68-58(64)39-31-25-33-45-60(49-50-63)47-48-61(51-54-41-43-57(44-42-54)62(66)67)46-34-26-32-40-59(65)69-53-56(37-29-23-19-15-11-7-3)38-30-24-20-16-12-8-4/h41-44,55-56,63H,5-40,45-53H2,1-4H3. The van der Waals surface area contributed by atoms with Crippen molar-refractivity contribution in [2.24, 2.45) is 11.8 Å². The van der Waals surface area contributed by atoms with Crippen molar-refractivity contribution in [3.05, 3.63) is 39.9 Å². The lowest BCUT2D eigenvalue weighted by atomic mass is 9.94. The number of ether oxygens (including phenoxy) is 2. The Balaban J connectivity index is 2.61. The predicted octanol–water partition coefficient (Wildman–Crippen LogP) is 16.1. The first-order chi connectivity index (χ1) is 33.8. The summed E-state index contributed by atoms with van der Waals surface area (Å²) >= 11 is 0. The highest BCUT2D eigenvalue weighted by atomic mass is 16.6. The first-order valence-electron chi connectivity index (χ1n) is 29.4. The molecule has 0 aliphatic rings. The molecule has 1 aromatic carbocycles. The highest BCUT2D eigenvalue weighted by Gasteiger charge is 2.16. The van der Waals surface area contributed by atoms with Crippen LogP contribution in [0.25, 0.3) is 0 Å². The van der Waals surface area contributed by atoms with Gasteiger partial charge in [-0.3, -0.25) is 29.5 Å². The number of carbonyl (C=O) groups excluding carboxylic acids is 2. The fourth-order valence-electron chi connectivity index (χ4n) is 9.62. The van der Waals surface area contributed by atoms with Gasteiger partial charge < -0.3 is 14.6 Å². The molecule has 0 aliphatic heterocycles. The molecular weight excluding hydrogens is 863 g/mol. The molecule has 0 heterocycles. The van der Waals surface area contributed by atoms with Gasteiger partial charge in [-0.1, -0.05) is 207 Å². The summed E-state index contributed by atoms with van der Waals surface area (Å²) in [6.07, 6.45) is 41.9. The summed E-state index contributed by atoms with van der Waals surface area (Å²) in [6.45, 7) is 14.8. The van der Waals surface area contributed by atoms with Crippen molar-refractivity contribution in [1.82, 2.24) is 9.80 Å². The Morgan fingerprint density at radius 3 is 1.20 bits per heavy atom. The van der Waals surface area contributed by atoms with Crippen molar-refractivity contribution < 1.29 is 29.1 Å². The zero-order valence-corrected chi connectivity index (χ0v) is 45.5. The van der Waals surface area contributed by atoms with Crippen LogP contribution in [0.2, 0.25) is 0 Å². The van der Waals surface area contributed by atoms with Crippen molar-refractivity contribution in [2.75, 3.05) is 52.5 Å². The van der Waals surface area contributed by atoms with Gasteiger partial charge in [0.1, 0.15) is 0 Å². The van der Waals surface area contributed by atoms with Gasteiger partial charge in [0, 0.05) is 51.2 Å². The topological polar surface area (TPSA) is 122 Å². The fraction of sp³-hybridized carbons (Fsp3) is 0.864. The number of nitro benzene ring substituents is 1. The summed E-state index contributed by atoms with van der Waals surface area (Å²) < 4.78 is 11.8. The SMILES string of the molecule is CCCCCCCCC(CCCCCCCC)COC(=O)CCCCCN(CCO)CCN(CCCCCC(=O)OCC(CCCCCCCC)CCCCCCCC)Cc1ccc([N+](=O)[O-])cc1. The van der Waals surface area contributed by atoms with E-state index in [-0.39, 0.29) is 29.2 Å². The monoisotopic (exact) mass is 972 g/mol. The van der Waals surface area contributed by atoms with Gasteiger partial charge in [0.2, 0.25) is 0 Å². The normalized spacial score (nSPS) is 11.7. The first-order valence-corrected chi connectivity index (χ1v) is 29.4. The number of aliphatic hydroxyl groups excluding tert-OH is 1. The number of unbranched alkanes of at least 4 members (excludes halogenated alkanes) is 24. The Kier molecular flexibility index (Phi) is 44.6. The van der Waals surface area contributed by atoms with E-state index in [2.05, 4.69) is 37.5 Å². The molecule has 0 radical (unpaired) electrons. The second-order valence-electron chi connectivity index (χ2n) is 20.7. The number of benzene rings is 1. The number of carbonyl (C=O) groups is 2. The second-order valence-corrected chi connectivity index (χ2v) is 20.7. The molecule has 0 aliphatic carbocycles. The van der Waals surface area contributed by atoms with E-state index in [4.69, 9.17) is 9.47 Å². The number of hydrogen-bond donors (Lipinski definition) is 1. The third-order valence-electron chi connectivity index (χ3n) is 14.2. The van der Waals surface area contributed by atoms with Crippen LogP contribution in [-0.2, 0) is 25.6 Å². The molecule has 0 saturated heterocycles. The van der Waals surface area contributed by atoms with Crippen LogP contribution in [-0.4, -0.2) is 84.3 Å². The molecule has 0 fully saturated rings. The fourth-order valence-corrected chi connectivity index (χ4v) is 9.62. The maximum Gasteiger partial charge on any atom is 0.305 e. The minimum Gasteiger partial charge on any atom is -0.465 e. The van der Waals surface area contributed by atoms with Crippen LogP contribution in [0.3, 0.4) is 0 Å². The molecule has 0 aromatic heterocycles. The zero-order valence-electron chi connectivity index (χ0n) is 45.5. The van der Waals surface area contributed by atoms with Crippen LogP contribution in [0.5, 0.6) is 0 Å². The van der Waals surface area contributed by atoms with Crippen LogP contribution in [0.4, 0.5) is 5.69 Å². The van der Waals surface area contributed by atoms with E-state index in [1.54, 1.807) is 12.1 Å². The van der Waals surface area contributed by atoms with Crippen molar-refractivity contribution in [3.8, 4) is 0 Å². The van der Waals surface area contributed by atoms with Crippen LogP contribution in [0.15, 0.2) is 24.3 Å². The number of non-ortho nitro benzene ring substituents is 1. The molecule has 10 nitrogen and oxygen atoms in total. The predicted molar refractivity (Wildman–Crippen MR) is 290 cm³/mol. The first kappa shape index (κ1) is 64.5. The Labute approximate surface area is 424 Å². The molecule has 69 heavy (non-hydrogen) atoms. The highest BCUT2D eigenvalue weighted by molar-refractivity contribution is 5.69. The average Bonchev–Trinajstić information content (AvgIpc) is 3.34. The Hall–Kier alpha value is -2.56. The average molecular weight is 973 g/mol. The maximum absolute atomic E-state index is 12.9. The molecule has 0 atom stereocenters. The number of esters is 2. The Morgan fingerprint density at radius 1 is 0.478 bits per heavy atom. The van der Waals surface area contributed by atoms with Crippen LogP contribution < -0.4 is 0 Å².